The number of rotatable bonds is 6. The summed E-state index contributed by atoms with van der Waals surface area (Å²) >= 11 is 0. The Hall–Kier alpha value is -0.810. The molecule has 0 aromatic heterocycles. The first-order valence-electron chi connectivity index (χ1n) is 7.11. The van der Waals surface area contributed by atoms with Gasteiger partial charge in [0.05, 0.1) is 6.61 Å². The summed E-state index contributed by atoms with van der Waals surface area (Å²) in [5.74, 6) is 1.03. The standard InChI is InChI=1S/C14H30N4O/c1-14(2)6-8-18(12-14)13(15-3)16-7-9-17(4)10-11-19-5/h6-12H2,1-5H3,(H,15,16). The summed E-state index contributed by atoms with van der Waals surface area (Å²) in [7, 11) is 5.72. The highest BCUT2D eigenvalue weighted by Crippen LogP contribution is 2.28. The second-order valence-electron chi connectivity index (χ2n) is 6.11. The summed E-state index contributed by atoms with van der Waals surface area (Å²) in [5, 5.41) is 3.45. The van der Waals surface area contributed by atoms with Gasteiger partial charge in [0.1, 0.15) is 0 Å². The first kappa shape index (κ1) is 16.2. The molecule has 0 bridgehead atoms. The second kappa shape index (κ2) is 7.70. The van der Waals surface area contributed by atoms with Crippen molar-refractivity contribution in [3.63, 3.8) is 0 Å². The van der Waals surface area contributed by atoms with Crippen LogP contribution in [0.25, 0.3) is 0 Å². The first-order chi connectivity index (χ1) is 8.98. The zero-order valence-electron chi connectivity index (χ0n) is 13.2. The Labute approximate surface area is 118 Å². The predicted molar refractivity (Wildman–Crippen MR) is 80.7 cm³/mol. The Morgan fingerprint density at radius 3 is 2.68 bits per heavy atom. The number of hydrogen-bond donors (Lipinski definition) is 1. The minimum Gasteiger partial charge on any atom is -0.383 e. The number of guanidine groups is 1. The molecule has 1 N–H and O–H groups in total. The highest BCUT2D eigenvalue weighted by atomic mass is 16.5. The van der Waals surface area contributed by atoms with Crippen LogP contribution in [0.2, 0.25) is 0 Å². The van der Waals surface area contributed by atoms with E-state index >= 15 is 0 Å². The largest absolute Gasteiger partial charge is 0.383 e. The Morgan fingerprint density at radius 1 is 1.42 bits per heavy atom. The molecule has 0 aromatic carbocycles. The van der Waals surface area contributed by atoms with E-state index in [0.717, 1.165) is 45.3 Å². The Bertz CT molecular complexity index is 291. The normalized spacial score (nSPS) is 19.3. The van der Waals surface area contributed by atoms with E-state index in [4.69, 9.17) is 4.74 Å². The molecule has 1 saturated heterocycles. The van der Waals surface area contributed by atoms with Gasteiger partial charge in [0, 0.05) is 46.9 Å². The molecule has 0 atom stereocenters. The summed E-state index contributed by atoms with van der Waals surface area (Å²) in [4.78, 5) is 9.00. The van der Waals surface area contributed by atoms with Crippen LogP contribution in [0.3, 0.4) is 0 Å². The Balaban J connectivity index is 2.27. The second-order valence-corrected chi connectivity index (χ2v) is 6.11. The first-order valence-corrected chi connectivity index (χ1v) is 7.11. The lowest BCUT2D eigenvalue weighted by atomic mass is 9.93. The van der Waals surface area contributed by atoms with E-state index in [9.17, 15) is 0 Å². The molecule has 0 amide bonds. The van der Waals surface area contributed by atoms with Gasteiger partial charge in [-0.25, -0.2) is 0 Å². The van der Waals surface area contributed by atoms with Gasteiger partial charge in [0.15, 0.2) is 5.96 Å². The summed E-state index contributed by atoms with van der Waals surface area (Å²) in [6.07, 6.45) is 1.24. The van der Waals surface area contributed by atoms with Gasteiger partial charge in [0.2, 0.25) is 0 Å². The zero-order chi connectivity index (χ0) is 14.3. The van der Waals surface area contributed by atoms with Crippen molar-refractivity contribution in [3.05, 3.63) is 0 Å². The maximum Gasteiger partial charge on any atom is 0.193 e. The molecule has 1 rings (SSSR count). The van der Waals surface area contributed by atoms with E-state index in [0.29, 0.717) is 5.41 Å². The molecule has 0 unspecified atom stereocenters. The van der Waals surface area contributed by atoms with Gasteiger partial charge >= 0.3 is 0 Å². The van der Waals surface area contributed by atoms with Crippen molar-refractivity contribution in [2.75, 3.05) is 60.5 Å². The Morgan fingerprint density at radius 2 is 2.16 bits per heavy atom. The summed E-state index contributed by atoms with van der Waals surface area (Å²) in [5.41, 5.74) is 0.410. The summed E-state index contributed by atoms with van der Waals surface area (Å²) < 4.78 is 5.07. The fraction of sp³-hybridized carbons (Fsp3) is 0.929. The number of aliphatic imine (C=N–C) groups is 1. The van der Waals surface area contributed by atoms with Crippen molar-refractivity contribution >= 4 is 5.96 Å². The van der Waals surface area contributed by atoms with Crippen LogP contribution in [0.4, 0.5) is 0 Å². The molecule has 112 valence electrons. The number of likely N-dealkylation sites (tertiary alicyclic amines) is 1. The monoisotopic (exact) mass is 270 g/mol. The number of hydrogen-bond acceptors (Lipinski definition) is 3. The number of ether oxygens (including phenoxy) is 1. The van der Waals surface area contributed by atoms with Crippen LogP contribution in [0.1, 0.15) is 20.3 Å². The smallest absolute Gasteiger partial charge is 0.193 e. The van der Waals surface area contributed by atoms with Crippen LogP contribution >= 0.6 is 0 Å². The molecular formula is C14H30N4O. The molecule has 0 aliphatic carbocycles. The van der Waals surface area contributed by atoms with Crippen molar-refractivity contribution in [1.29, 1.82) is 0 Å². The number of methoxy groups -OCH3 is 1. The molecule has 1 fully saturated rings. The van der Waals surface area contributed by atoms with Gasteiger partial charge in [0.25, 0.3) is 0 Å². The van der Waals surface area contributed by atoms with Crippen molar-refractivity contribution in [3.8, 4) is 0 Å². The average Bonchev–Trinajstić information content (AvgIpc) is 2.72. The number of nitrogens with one attached hydrogen (secondary N) is 1. The molecular weight excluding hydrogens is 240 g/mol. The van der Waals surface area contributed by atoms with Crippen LogP contribution < -0.4 is 5.32 Å². The van der Waals surface area contributed by atoms with E-state index in [1.165, 1.54) is 6.42 Å². The maximum absolute atomic E-state index is 5.07. The molecule has 1 aliphatic rings. The lowest BCUT2D eigenvalue weighted by molar-refractivity contribution is 0.162. The third-order valence-corrected chi connectivity index (χ3v) is 3.64. The van der Waals surface area contributed by atoms with Crippen molar-refractivity contribution < 1.29 is 4.74 Å². The lowest BCUT2D eigenvalue weighted by Crippen LogP contribution is -2.43. The molecule has 1 aliphatic heterocycles. The fourth-order valence-electron chi connectivity index (χ4n) is 2.34. The molecule has 1 heterocycles. The van der Waals surface area contributed by atoms with E-state index < -0.39 is 0 Å². The van der Waals surface area contributed by atoms with Crippen LogP contribution in [0, 0.1) is 5.41 Å². The van der Waals surface area contributed by atoms with Gasteiger partial charge in [-0.05, 0) is 18.9 Å². The van der Waals surface area contributed by atoms with Crippen molar-refractivity contribution in [2.45, 2.75) is 20.3 Å². The van der Waals surface area contributed by atoms with E-state index in [1.54, 1.807) is 7.11 Å². The van der Waals surface area contributed by atoms with E-state index in [2.05, 4.69) is 41.0 Å². The average molecular weight is 270 g/mol. The predicted octanol–water partition coefficient (Wildman–Crippen LogP) is 0.872. The summed E-state index contributed by atoms with van der Waals surface area (Å²) in [6, 6.07) is 0. The SMILES string of the molecule is CN=C(NCCN(C)CCOC)N1CCC(C)(C)C1. The number of likely N-dealkylation sites (N-methyl/N-ethyl adjacent to an activating group) is 1. The van der Waals surface area contributed by atoms with Gasteiger partial charge in [-0.2, -0.15) is 0 Å². The third-order valence-electron chi connectivity index (χ3n) is 3.64. The van der Waals surface area contributed by atoms with Crippen LogP contribution in [-0.2, 0) is 4.74 Å². The van der Waals surface area contributed by atoms with Crippen LogP contribution in [0.15, 0.2) is 4.99 Å². The molecule has 5 heteroatoms. The highest BCUT2D eigenvalue weighted by molar-refractivity contribution is 5.80. The van der Waals surface area contributed by atoms with Crippen molar-refractivity contribution in [2.24, 2.45) is 10.4 Å². The van der Waals surface area contributed by atoms with Crippen LogP contribution in [0.5, 0.6) is 0 Å². The zero-order valence-corrected chi connectivity index (χ0v) is 13.2. The molecule has 5 nitrogen and oxygen atoms in total. The van der Waals surface area contributed by atoms with Gasteiger partial charge in [-0.3, -0.25) is 4.99 Å². The maximum atomic E-state index is 5.07. The minimum absolute atomic E-state index is 0.410. The van der Waals surface area contributed by atoms with E-state index in [-0.39, 0.29) is 0 Å². The minimum atomic E-state index is 0.410. The van der Waals surface area contributed by atoms with Crippen LogP contribution in [-0.4, -0.2) is 76.3 Å². The molecule has 0 radical (unpaired) electrons. The summed E-state index contributed by atoms with van der Waals surface area (Å²) in [6.45, 7) is 10.5. The van der Waals surface area contributed by atoms with Gasteiger partial charge < -0.3 is 19.9 Å². The van der Waals surface area contributed by atoms with Gasteiger partial charge in [-0.15, -0.1) is 0 Å². The third kappa shape index (κ3) is 5.78. The quantitative estimate of drug-likeness (QED) is 0.574. The topological polar surface area (TPSA) is 40.1 Å². The van der Waals surface area contributed by atoms with Gasteiger partial charge in [-0.1, -0.05) is 13.8 Å². The van der Waals surface area contributed by atoms with E-state index in [1.807, 2.05) is 7.05 Å². The molecule has 0 aromatic rings. The number of nitrogens with zero attached hydrogens (tertiary/aromatic N) is 3. The lowest BCUT2D eigenvalue weighted by Gasteiger charge is -2.24. The Kier molecular flexibility index (Phi) is 6.58. The highest BCUT2D eigenvalue weighted by Gasteiger charge is 2.30. The molecule has 0 spiro atoms. The van der Waals surface area contributed by atoms with Crippen molar-refractivity contribution in [1.82, 2.24) is 15.1 Å². The molecule has 19 heavy (non-hydrogen) atoms. The molecule has 0 saturated carbocycles. The fourth-order valence-corrected chi connectivity index (χ4v) is 2.34.